The summed E-state index contributed by atoms with van der Waals surface area (Å²) >= 11 is 5.97. The van der Waals surface area contributed by atoms with Gasteiger partial charge in [-0.05, 0) is 36.8 Å². The highest BCUT2D eigenvalue weighted by Crippen LogP contribution is 2.25. The van der Waals surface area contributed by atoms with Crippen LogP contribution in [-0.2, 0) is 4.74 Å². The largest absolute Gasteiger partial charge is 0.383 e. The van der Waals surface area contributed by atoms with Crippen LogP contribution in [0.3, 0.4) is 0 Å². The van der Waals surface area contributed by atoms with Gasteiger partial charge in [-0.25, -0.2) is 0 Å². The Morgan fingerprint density at radius 3 is 2.06 bits per heavy atom. The molecule has 0 aliphatic carbocycles. The number of anilines is 2. The van der Waals surface area contributed by atoms with Crippen molar-refractivity contribution in [1.82, 2.24) is 0 Å². The minimum atomic E-state index is -0.525. The predicted octanol–water partition coefficient (Wildman–Crippen LogP) is 5.72. The van der Waals surface area contributed by atoms with Crippen molar-refractivity contribution in [3.05, 3.63) is 88.0 Å². The average molecular weight is 496 g/mol. The first-order chi connectivity index (χ1) is 16.9. The Morgan fingerprint density at radius 2 is 1.60 bits per heavy atom. The highest BCUT2D eigenvalue weighted by Gasteiger charge is 2.16. The molecule has 2 aromatic rings. The zero-order chi connectivity index (χ0) is 26.2. The van der Waals surface area contributed by atoms with E-state index in [0.29, 0.717) is 36.8 Å². The van der Waals surface area contributed by atoms with Crippen molar-refractivity contribution in [3.63, 3.8) is 0 Å². The maximum absolute atomic E-state index is 10.9. The first-order valence-electron chi connectivity index (χ1n) is 11.0. The van der Waals surface area contributed by atoms with Crippen LogP contribution in [0.5, 0.6) is 0 Å². The van der Waals surface area contributed by atoms with Crippen molar-refractivity contribution in [3.8, 4) is 12.1 Å². The lowest BCUT2D eigenvalue weighted by Crippen LogP contribution is -2.28. The molecule has 0 radical (unpaired) electrons. The van der Waals surface area contributed by atoms with Gasteiger partial charge in [0.05, 0.1) is 22.1 Å². The summed E-state index contributed by atoms with van der Waals surface area (Å²) in [5, 5.41) is 29.0. The fourth-order valence-corrected chi connectivity index (χ4v) is 3.41. The third-order valence-electron chi connectivity index (χ3n) is 4.86. The summed E-state index contributed by atoms with van der Waals surface area (Å²) in [7, 11) is 1.62. The van der Waals surface area contributed by atoms with Gasteiger partial charge in [-0.1, -0.05) is 30.7 Å². The van der Waals surface area contributed by atoms with Crippen LogP contribution in [0.4, 0.5) is 17.1 Å². The van der Waals surface area contributed by atoms with E-state index in [-0.39, 0.29) is 11.3 Å². The molecule has 35 heavy (non-hydrogen) atoms. The molecular weight excluding hydrogens is 466 g/mol. The summed E-state index contributed by atoms with van der Waals surface area (Å²) in [6.07, 6.45) is 4.56. The molecule has 0 N–H and O–H groups in total. The normalized spacial score (nSPS) is 9.63. The summed E-state index contributed by atoms with van der Waals surface area (Å²) in [6.45, 7) is 12.9. The first kappa shape index (κ1) is 29.2. The number of methoxy groups -OCH3 is 1. The maximum atomic E-state index is 10.9. The van der Waals surface area contributed by atoms with Crippen LogP contribution in [0.25, 0.3) is 0 Å². The van der Waals surface area contributed by atoms with Crippen molar-refractivity contribution >= 4 is 28.7 Å². The first-order valence-corrected chi connectivity index (χ1v) is 11.3. The van der Waals surface area contributed by atoms with Crippen LogP contribution in [0.2, 0.25) is 5.02 Å². The average Bonchev–Trinajstić information content (AvgIpc) is 2.86. The van der Waals surface area contributed by atoms with Gasteiger partial charge in [0.1, 0.15) is 17.7 Å². The number of hydrogen-bond acceptors (Lipinski definition) is 7. The van der Waals surface area contributed by atoms with E-state index in [1.807, 2.05) is 42.2 Å². The second-order valence-corrected chi connectivity index (χ2v) is 7.72. The summed E-state index contributed by atoms with van der Waals surface area (Å²) in [5.41, 5.74) is 2.12. The van der Waals surface area contributed by atoms with Crippen molar-refractivity contribution in [2.24, 2.45) is 0 Å². The number of hydrogen-bond donors (Lipinski definition) is 0. The molecule has 8 nitrogen and oxygen atoms in total. The molecule has 2 aromatic carbocycles. The second-order valence-electron chi connectivity index (χ2n) is 7.31. The zero-order valence-electron chi connectivity index (χ0n) is 20.1. The highest BCUT2D eigenvalue weighted by molar-refractivity contribution is 6.32. The van der Waals surface area contributed by atoms with Crippen molar-refractivity contribution < 1.29 is 9.66 Å². The number of ether oxygens (including phenoxy) is 1. The molecule has 0 unspecified atom stereocenters. The van der Waals surface area contributed by atoms with E-state index in [4.69, 9.17) is 26.9 Å². The van der Waals surface area contributed by atoms with Gasteiger partial charge in [0.2, 0.25) is 0 Å². The van der Waals surface area contributed by atoms with Crippen LogP contribution in [0, 0.1) is 32.8 Å². The van der Waals surface area contributed by atoms with Gasteiger partial charge in [0, 0.05) is 50.7 Å². The fraction of sp³-hybridized carbons (Fsp3) is 0.308. The number of nitrogens with zero attached hydrogens (tertiary/aromatic N) is 5. The molecule has 0 spiro atoms. The Hall–Kier alpha value is -3.85. The molecule has 0 saturated heterocycles. The molecule has 0 aliphatic heterocycles. The molecule has 0 fully saturated rings. The van der Waals surface area contributed by atoms with Gasteiger partial charge in [-0.15, -0.1) is 13.2 Å². The van der Waals surface area contributed by atoms with E-state index >= 15 is 0 Å². The lowest BCUT2D eigenvalue weighted by molar-refractivity contribution is -0.385. The lowest BCUT2D eigenvalue weighted by Gasteiger charge is -2.23. The fourth-order valence-electron chi connectivity index (χ4n) is 3.19. The second kappa shape index (κ2) is 15.9. The van der Waals surface area contributed by atoms with E-state index < -0.39 is 4.92 Å². The van der Waals surface area contributed by atoms with E-state index in [0.717, 1.165) is 24.3 Å². The molecule has 0 saturated carbocycles. The standard InChI is InChI=1S/C13H13ClN2.C13H17N3O3/c1-3-7-16(8-4-2)12-6-5-11(10-15)13(14)9-12;1-3-6-15(7-8-19-2)12-5-4-11(10-14)13(9-12)16(17)18/h3-6,9H,1-2,7-8H2;4-5,9H,3,6-8H2,1-2H3. The minimum absolute atomic E-state index is 0.0805. The zero-order valence-corrected chi connectivity index (χ0v) is 20.9. The molecule has 0 amide bonds. The quantitative estimate of drug-likeness (QED) is 0.210. The third kappa shape index (κ3) is 9.13. The molecule has 9 heteroatoms. The molecule has 2 rings (SSSR count). The van der Waals surface area contributed by atoms with Gasteiger partial charge in [0.15, 0.2) is 0 Å². The summed E-state index contributed by atoms with van der Waals surface area (Å²) in [4.78, 5) is 14.5. The number of nitro groups is 1. The molecule has 0 aliphatic rings. The maximum Gasteiger partial charge on any atom is 0.289 e. The predicted molar refractivity (Wildman–Crippen MR) is 141 cm³/mol. The van der Waals surface area contributed by atoms with Crippen molar-refractivity contribution in [1.29, 1.82) is 10.5 Å². The minimum Gasteiger partial charge on any atom is -0.383 e. The van der Waals surface area contributed by atoms with E-state index in [2.05, 4.69) is 18.1 Å². The highest BCUT2D eigenvalue weighted by atomic mass is 35.5. The summed E-state index contributed by atoms with van der Waals surface area (Å²) < 4.78 is 5.03. The monoisotopic (exact) mass is 495 g/mol. The lowest BCUT2D eigenvalue weighted by atomic mass is 10.1. The Balaban J connectivity index is 0.000000355. The van der Waals surface area contributed by atoms with E-state index in [9.17, 15) is 10.1 Å². The molecular formula is C26H30ClN5O3. The van der Waals surface area contributed by atoms with Crippen molar-refractivity contribution in [2.75, 3.05) is 49.7 Å². The van der Waals surface area contributed by atoms with Crippen molar-refractivity contribution in [2.45, 2.75) is 13.3 Å². The molecule has 0 heterocycles. The Morgan fingerprint density at radius 1 is 1.03 bits per heavy atom. The number of nitro benzene ring substituents is 1. The van der Waals surface area contributed by atoms with Gasteiger partial charge in [-0.2, -0.15) is 10.5 Å². The molecule has 184 valence electrons. The van der Waals surface area contributed by atoms with Gasteiger partial charge >= 0.3 is 0 Å². The summed E-state index contributed by atoms with van der Waals surface area (Å²) in [5.74, 6) is 0. The van der Waals surface area contributed by atoms with Crippen LogP contribution < -0.4 is 9.80 Å². The van der Waals surface area contributed by atoms with Gasteiger partial charge in [-0.3, -0.25) is 10.1 Å². The molecule has 0 aromatic heterocycles. The Kier molecular flexibility index (Phi) is 13.3. The van der Waals surface area contributed by atoms with E-state index in [1.54, 1.807) is 25.3 Å². The van der Waals surface area contributed by atoms with Gasteiger partial charge in [0.25, 0.3) is 5.69 Å². The van der Waals surface area contributed by atoms with Crippen LogP contribution in [0.1, 0.15) is 24.5 Å². The van der Waals surface area contributed by atoms with Gasteiger partial charge < -0.3 is 14.5 Å². The number of rotatable bonds is 12. The topological polar surface area (TPSA) is 106 Å². The van der Waals surface area contributed by atoms with Crippen LogP contribution in [-0.4, -0.2) is 44.8 Å². The number of nitriles is 2. The SMILES string of the molecule is C=CCN(CC=C)c1ccc(C#N)c(Cl)c1.CCCN(CCOC)c1ccc(C#N)c([N+](=O)[O-])c1. The van der Waals surface area contributed by atoms with Crippen LogP contribution in [0.15, 0.2) is 61.7 Å². The molecule has 0 bridgehead atoms. The number of halogens is 1. The third-order valence-corrected chi connectivity index (χ3v) is 5.17. The number of benzene rings is 2. The molecule has 0 atom stereocenters. The van der Waals surface area contributed by atoms with Crippen LogP contribution >= 0.6 is 11.6 Å². The Bertz CT molecular complexity index is 1080. The Labute approximate surface area is 212 Å². The van der Waals surface area contributed by atoms with E-state index in [1.165, 1.54) is 12.1 Å². The smallest absolute Gasteiger partial charge is 0.289 e. The summed E-state index contributed by atoms with van der Waals surface area (Å²) in [6, 6.07) is 13.9.